The highest BCUT2D eigenvalue weighted by molar-refractivity contribution is 7.09. The Bertz CT molecular complexity index is 301. The number of nitrogens with two attached hydrogens (primary N) is 1. The molecule has 1 aromatic rings. The number of nitrogens with one attached hydrogen (secondary N) is 1. The molecule has 0 amide bonds. The Morgan fingerprint density at radius 1 is 1.77 bits per heavy atom. The number of aromatic nitrogens is 2. The molecule has 3 N–H and O–H groups in total. The first-order chi connectivity index (χ1) is 6.26. The lowest BCUT2D eigenvalue weighted by atomic mass is 10.2. The monoisotopic (exact) mass is 196 g/mol. The van der Waals surface area contributed by atoms with E-state index in [2.05, 4.69) is 27.5 Å². The highest BCUT2D eigenvalue weighted by atomic mass is 32.1. The maximum absolute atomic E-state index is 5.37. The van der Waals surface area contributed by atoms with Crippen molar-refractivity contribution in [2.45, 2.75) is 25.8 Å². The molecule has 0 aliphatic heterocycles. The van der Waals surface area contributed by atoms with Gasteiger partial charge in [-0.2, -0.15) is 9.36 Å². The summed E-state index contributed by atoms with van der Waals surface area (Å²) in [5.41, 5.74) is 5.37. The molecule has 0 saturated carbocycles. The molecule has 0 saturated heterocycles. The molecule has 0 radical (unpaired) electrons. The zero-order chi connectivity index (χ0) is 9.68. The van der Waals surface area contributed by atoms with E-state index >= 15 is 0 Å². The smallest absolute Gasteiger partial charge is 0.233 e. The molecule has 0 aromatic carbocycles. The van der Waals surface area contributed by atoms with E-state index in [9.17, 15) is 0 Å². The fourth-order valence-corrected chi connectivity index (χ4v) is 1.48. The Balaban J connectivity index is 2.52. The lowest BCUT2D eigenvalue weighted by Gasteiger charge is -2.08. The van der Waals surface area contributed by atoms with Crippen molar-refractivity contribution in [3.63, 3.8) is 0 Å². The summed E-state index contributed by atoms with van der Waals surface area (Å²) in [6.45, 7) is 2.08. The minimum Gasteiger partial charge on any atom is -0.367 e. The molecule has 1 heterocycles. The predicted octanol–water partition coefficient (Wildman–Crippen LogP) is 1.33. The first kappa shape index (κ1) is 9.81. The minimum atomic E-state index is 0.0253. The van der Waals surface area contributed by atoms with Crippen LogP contribution in [0.15, 0.2) is 0 Å². The van der Waals surface area contributed by atoms with Gasteiger partial charge in [0.15, 0.2) is 0 Å². The highest BCUT2D eigenvalue weighted by Crippen LogP contribution is 2.14. The van der Waals surface area contributed by atoms with E-state index in [0.29, 0.717) is 11.1 Å². The summed E-state index contributed by atoms with van der Waals surface area (Å²) in [4.78, 5) is 3.96. The molecule has 1 unspecified atom stereocenters. The van der Waals surface area contributed by atoms with Gasteiger partial charge < -0.3 is 11.1 Å². The van der Waals surface area contributed by atoms with Crippen LogP contribution in [-0.2, 0) is 0 Å². The number of hydrogen-bond acceptors (Lipinski definition) is 5. The molecule has 0 aliphatic carbocycles. The van der Waals surface area contributed by atoms with Gasteiger partial charge in [-0.15, -0.1) is 6.42 Å². The summed E-state index contributed by atoms with van der Waals surface area (Å²) < 4.78 is 3.84. The third kappa shape index (κ3) is 2.92. The van der Waals surface area contributed by atoms with Crippen LogP contribution < -0.4 is 11.1 Å². The summed E-state index contributed by atoms with van der Waals surface area (Å²) in [7, 11) is 0. The van der Waals surface area contributed by atoms with Gasteiger partial charge in [0, 0.05) is 11.5 Å². The van der Waals surface area contributed by atoms with Gasteiger partial charge >= 0.3 is 0 Å². The number of rotatable bonds is 4. The van der Waals surface area contributed by atoms with E-state index in [4.69, 9.17) is 12.2 Å². The topological polar surface area (TPSA) is 63.8 Å². The zero-order valence-corrected chi connectivity index (χ0v) is 8.27. The Morgan fingerprint density at radius 2 is 2.54 bits per heavy atom. The Labute approximate surface area is 81.7 Å². The van der Waals surface area contributed by atoms with E-state index in [-0.39, 0.29) is 6.04 Å². The Kier molecular flexibility index (Phi) is 3.53. The van der Waals surface area contributed by atoms with Crippen LogP contribution in [0, 0.1) is 12.3 Å². The highest BCUT2D eigenvalue weighted by Gasteiger charge is 2.06. The number of nitrogens with zero attached hydrogens (tertiary/aromatic N) is 2. The maximum Gasteiger partial charge on any atom is 0.233 e. The van der Waals surface area contributed by atoms with Crippen LogP contribution in [0.1, 0.15) is 19.8 Å². The van der Waals surface area contributed by atoms with Crippen molar-refractivity contribution in [1.82, 2.24) is 9.36 Å². The van der Waals surface area contributed by atoms with Crippen LogP contribution in [0.2, 0.25) is 0 Å². The Hall–Kier alpha value is -1.28. The van der Waals surface area contributed by atoms with Crippen LogP contribution in [0.3, 0.4) is 0 Å². The zero-order valence-electron chi connectivity index (χ0n) is 7.45. The lowest BCUT2D eigenvalue weighted by molar-refractivity contribution is 0.755. The second-order valence-electron chi connectivity index (χ2n) is 2.61. The lowest BCUT2D eigenvalue weighted by Crippen LogP contribution is -2.16. The number of anilines is 2. The maximum atomic E-state index is 5.37. The van der Waals surface area contributed by atoms with E-state index in [1.165, 1.54) is 11.5 Å². The second-order valence-corrected chi connectivity index (χ2v) is 3.36. The molecule has 1 aromatic heterocycles. The normalized spacial score (nSPS) is 12.0. The van der Waals surface area contributed by atoms with Gasteiger partial charge in [0.1, 0.15) is 0 Å². The van der Waals surface area contributed by atoms with E-state index < -0.39 is 0 Å². The first-order valence-corrected chi connectivity index (χ1v) is 4.85. The molecular weight excluding hydrogens is 184 g/mol. The predicted molar refractivity (Wildman–Crippen MR) is 55.5 cm³/mol. The summed E-state index contributed by atoms with van der Waals surface area (Å²) in [5.74, 6) is 2.94. The largest absolute Gasteiger partial charge is 0.367 e. The van der Waals surface area contributed by atoms with Gasteiger partial charge in [0.2, 0.25) is 11.1 Å². The fourth-order valence-electron chi connectivity index (χ4n) is 0.928. The first-order valence-electron chi connectivity index (χ1n) is 4.08. The van der Waals surface area contributed by atoms with Crippen molar-refractivity contribution in [1.29, 1.82) is 0 Å². The average molecular weight is 196 g/mol. The van der Waals surface area contributed by atoms with Gasteiger partial charge in [-0.1, -0.05) is 19.3 Å². The van der Waals surface area contributed by atoms with Crippen molar-refractivity contribution in [2.75, 3.05) is 11.1 Å². The summed E-state index contributed by atoms with van der Waals surface area (Å²) in [5, 5.41) is 3.77. The quantitative estimate of drug-likeness (QED) is 0.713. The van der Waals surface area contributed by atoms with Gasteiger partial charge in [-0.3, -0.25) is 0 Å². The molecule has 0 bridgehead atoms. The summed E-state index contributed by atoms with van der Waals surface area (Å²) in [6.07, 6.45) is 7.29. The van der Waals surface area contributed by atoms with Crippen LogP contribution in [0.5, 0.6) is 0 Å². The van der Waals surface area contributed by atoms with Gasteiger partial charge in [-0.25, -0.2) is 0 Å². The van der Waals surface area contributed by atoms with Crippen molar-refractivity contribution in [3.05, 3.63) is 0 Å². The SMILES string of the molecule is C#CC(CCC)Nc1nc(N)ns1. The molecule has 4 nitrogen and oxygen atoms in total. The van der Waals surface area contributed by atoms with Gasteiger partial charge in [0.05, 0.1) is 6.04 Å². The molecule has 0 aliphatic rings. The van der Waals surface area contributed by atoms with Crippen molar-refractivity contribution in [3.8, 4) is 12.3 Å². The van der Waals surface area contributed by atoms with Gasteiger partial charge in [0.25, 0.3) is 0 Å². The van der Waals surface area contributed by atoms with Crippen molar-refractivity contribution in [2.24, 2.45) is 0 Å². The molecule has 5 heteroatoms. The third-order valence-corrected chi connectivity index (χ3v) is 2.18. The van der Waals surface area contributed by atoms with Crippen molar-refractivity contribution >= 4 is 22.6 Å². The summed E-state index contributed by atoms with van der Waals surface area (Å²) >= 11 is 1.23. The van der Waals surface area contributed by atoms with E-state index in [1.807, 2.05) is 0 Å². The summed E-state index contributed by atoms with van der Waals surface area (Å²) in [6, 6.07) is 0.0253. The standard InChI is InChI=1S/C8H12N4S/c1-3-5-6(4-2)10-8-11-7(9)12-13-8/h2,6H,3,5H2,1H3,(H3,9,10,11,12). The second kappa shape index (κ2) is 4.67. The fraction of sp³-hybridized carbons (Fsp3) is 0.500. The van der Waals surface area contributed by atoms with Crippen LogP contribution in [-0.4, -0.2) is 15.4 Å². The van der Waals surface area contributed by atoms with E-state index in [1.54, 1.807) is 0 Å². The van der Waals surface area contributed by atoms with E-state index in [0.717, 1.165) is 12.8 Å². The minimum absolute atomic E-state index is 0.0253. The van der Waals surface area contributed by atoms with Crippen molar-refractivity contribution < 1.29 is 0 Å². The van der Waals surface area contributed by atoms with Gasteiger partial charge in [-0.05, 0) is 6.42 Å². The molecule has 0 spiro atoms. The number of terminal acetylenes is 1. The Morgan fingerprint density at radius 3 is 3.00 bits per heavy atom. The molecule has 13 heavy (non-hydrogen) atoms. The van der Waals surface area contributed by atoms with Crippen LogP contribution in [0.25, 0.3) is 0 Å². The third-order valence-electron chi connectivity index (χ3n) is 1.52. The van der Waals surface area contributed by atoms with Crippen LogP contribution >= 0.6 is 11.5 Å². The molecule has 0 fully saturated rings. The van der Waals surface area contributed by atoms with Crippen LogP contribution in [0.4, 0.5) is 11.1 Å². The molecule has 1 atom stereocenters. The molecule has 70 valence electrons. The molecular formula is C8H12N4S. The number of nitrogen functional groups attached to an aromatic ring is 1. The average Bonchev–Trinajstić information content (AvgIpc) is 2.50. The number of hydrogen-bond donors (Lipinski definition) is 2. The molecule has 1 rings (SSSR count).